The van der Waals surface area contributed by atoms with E-state index < -0.39 is 17.9 Å². The van der Waals surface area contributed by atoms with Crippen LogP contribution in [0.15, 0.2) is 64.2 Å². The molecule has 0 radical (unpaired) electrons. The van der Waals surface area contributed by atoms with Crippen molar-refractivity contribution < 1.29 is 14.3 Å². The van der Waals surface area contributed by atoms with E-state index in [0.717, 1.165) is 10.0 Å². The monoisotopic (exact) mass is 400 g/mol. The van der Waals surface area contributed by atoms with E-state index in [1.54, 1.807) is 19.1 Å². The average molecular weight is 401 g/mol. The van der Waals surface area contributed by atoms with Gasteiger partial charge >= 0.3 is 5.97 Å². The van der Waals surface area contributed by atoms with Gasteiger partial charge in [-0.2, -0.15) is 5.10 Å². The van der Waals surface area contributed by atoms with E-state index in [1.165, 1.54) is 0 Å². The fraction of sp³-hybridized carbons (Fsp3) is 0.211. The van der Waals surface area contributed by atoms with Crippen LogP contribution in [-0.4, -0.2) is 30.1 Å². The maximum absolute atomic E-state index is 12.9. The van der Waals surface area contributed by atoms with Crippen LogP contribution in [0.25, 0.3) is 0 Å². The van der Waals surface area contributed by atoms with E-state index in [1.807, 2.05) is 42.5 Å². The first-order chi connectivity index (χ1) is 12.1. The first-order valence-corrected chi connectivity index (χ1v) is 8.76. The van der Waals surface area contributed by atoms with Crippen molar-refractivity contribution in [2.75, 3.05) is 6.61 Å². The Morgan fingerprint density at radius 1 is 1.12 bits per heavy atom. The number of hydrazone groups is 1. The number of nitrogens with one attached hydrogen (secondary N) is 1. The van der Waals surface area contributed by atoms with Crippen LogP contribution in [-0.2, 0) is 9.53 Å². The molecule has 0 aromatic heterocycles. The van der Waals surface area contributed by atoms with Crippen molar-refractivity contribution in [1.82, 2.24) is 5.43 Å². The van der Waals surface area contributed by atoms with Gasteiger partial charge in [0.15, 0.2) is 11.5 Å². The Hall–Kier alpha value is -2.47. The average Bonchev–Trinajstić information content (AvgIpc) is 3.08. The van der Waals surface area contributed by atoms with Gasteiger partial charge in [0.05, 0.1) is 12.5 Å². The second-order valence-electron chi connectivity index (χ2n) is 5.58. The van der Waals surface area contributed by atoms with Gasteiger partial charge in [-0.25, -0.2) is 4.79 Å². The summed E-state index contributed by atoms with van der Waals surface area (Å²) in [6.45, 7) is 1.99. The predicted octanol–water partition coefficient (Wildman–Crippen LogP) is 3.31. The molecule has 0 saturated heterocycles. The van der Waals surface area contributed by atoms with Crippen LogP contribution >= 0.6 is 15.9 Å². The van der Waals surface area contributed by atoms with Gasteiger partial charge in [0.1, 0.15) is 6.04 Å². The molecule has 25 heavy (non-hydrogen) atoms. The number of Topliss-reactive ketones (excluding diaryl/α,β-unsaturated/α-hetero) is 1. The molecule has 2 atom stereocenters. The number of carbonyl (C=O) groups is 2. The Labute approximate surface area is 154 Å². The standard InChI is InChI=1S/C19H17BrN2O3/c1-2-25-19(24)17-15(12-8-10-14(20)11-9-12)16(21-22-17)18(23)13-6-4-3-5-7-13/h3-11,15-16,21H,2H2,1H3/t15-,16-/m1/s1. The van der Waals surface area contributed by atoms with E-state index in [4.69, 9.17) is 4.74 Å². The maximum atomic E-state index is 12.9. The summed E-state index contributed by atoms with van der Waals surface area (Å²) in [5.74, 6) is -1.12. The highest BCUT2D eigenvalue weighted by atomic mass is 79.9. The number of ketones is 1. The molecule has 2 aromatic rings. The lowest BCUT2D eigenvalue weighted by atomic mass is 9.84. The van der Waals surface area contributed by atoms with Crippen LogP contribution in [0.5, 0.6) is 0 Å². The second-order valence-corrected chi connectivity index (χ2v) is 6.50. The van der Waals surface area contributed by atoms with Gasteiger partial charge in [0.25, 0.3) is 0 Å². The summed E-state index contributed by atoms with van der Waals surface area (Å²) < 4.78 is 6.02. The number of carbonyl (C=O) groups excluding carboxylic acids is 2. The van der Waals surface area contributed by atoms with E-state index in [-0.39, 0.29) is 18.1 Å². The zero-order valence-corrected chi connectivity index (χ0v) is 15.2. The summed E-state index contributed by atoms with van der Waals surface area (Å²) in [6.07, 6.45) is 0. The first kappa shape index (κ1) is 17.4. The number of halogens is 1. The highest BCUT2D eigenvalue weighted by molar-refractivity contribution is 9.10. The predicted molar refractivity (Wildman–Crippen MR) is 98.6 cm³/mol. The number of rotatable bonds is 5. The summed E-state index contributed by atoms with van der Waals surface area (Å²) in [4.78, 5) is 25.2. The maximum Gasteiger partial charge on any atom is 0.355 e. The van der Waals surface area contributed by atoms with Crippen molar-refractivity contribution in [2.24, 2.45) is 5.10 Å². The summed E-state index contributed by atoms with van der Waals surface area (Å²) in [6, 6.07) is 15.8. The van der Waals surface area contributed by atoms with Crippen molar-refractivity contribution >= 4 is 33.4 Å². The molecular formula is C19H17BrN2O3. The Morgan fingerprint density at radius 3 is 2.44 bits per heavy atom. The highest BCUT2D eigenvalue weighted by Crippen LogP contribution is 2.29. The van der Waals surface area contributed by atoms with E-state index >= 15 is 0 Å². The van der Waals surface area contributed by atoms with Crippen molar-refractivity contribution in [2.45, 2.75) is 18.9 Å². The molecule has 6 heteroatoms. The third-order valence-corrected chi connectivity index (χ3v) is 4.54. The zero-order chi connectivity index (χ0) is 17.8. The molecule has 128 valence electrons. The number of hydrogen-bond donors (Lipinski definition) is 1. The van der Waals surface area contributed by atoms with E-state index in [0.29, 0.717) is 5.56 Å². The lowest BCUT2D eigenvalue weighted by molar-refractivity contribution is -0.135. The smallest absolute Gasteiger partial charge is 0.355 e. The van der Waals surface area contributed by atoms with Gasteiger partial charge in [-0.3, -0.25) is 10.2 Å². The van der Waals surface area contributed by atoms with Crippen LogP contribution in [0.2, 0.25) is 0 Å². The van der Waals surface area contributed by atoms with Crippen LogP contribution < -0.4 is 5.43 Å². The van der Waals surface area contributed by atoms with Crippen LogP contribution in [0.3, 0.4) is 0 Å². The molecule has 1 heterocycles. The summed E-state index contributed by atoms with van der Waals surface area (Å²) in [5.41, 5.74) is 4.45. The topological polar surface area (TPSA) is 67.8 Å². The minimum Gasteiger partial charge on any atom is -0.461 e. The fourth-order valence-corrected chi connectivity index (χ4v) is 3.10. The molecular weight excluding hydrogens is 384 g/mol. The molecule has 0 unspecified atom stereocenters. The zero-order valence-electron chi connectivity index (χ0n) is 13.6. The molecule has 5 nitrogen and oxygen atoms in total. The number of benzene rings is 2. The summed E-state index contributed by atoms with van der Waals surface area (Å²) in [7, 11) is 0. The molecule has 1 aliphatic rings. The van der Waals surface area contributed by atoms with Gasteiger partial charge in [0, 0.05) is 10.0 Å². The number of esters is 1. The van der Waals surface area contributed by atoms with E-state index in [2.05, 4.69) is 26.5 Å². The SMILES string of the molecule is CCOC(=O)C1=NN[C@@H](C(=O)c2ccccc2)[C@H]1c1ccc(Br)cc1. The molecule has 0 spiro atoms. The largest absolute Gasteiger partial charge is 0.461 e. The molecule has 0 fully saturated rings. The molecule has 0 bridgehead atoms. The van der Waals surface area contributed by atoms with Gasteiger partial charge in [0.2, 0.25) is 0 Å². The fourth-order valence-electron chi connectivity index (χ4n) is 2.83. The highest BCUT2D eigenvalue weighted by Gasteiger charge is 2.41. The number of ether oxygens (including phenoxy) is 1. The first-order valence-electron chi connectivity index (χ1n) is 7.96. The Kier molecular flexibility index (Phi) is 5.28. The quantitative estimate of drug-likeness (QED) is 0.617. The number of hydrogen-bond acceptors (Lipinski definition) is 5. The molecule has 3 rings (SSSR count). The van der Waals surface area contributed by atoms with Gasteiger partial charge in [-0.1, -0.05) is 58.4 Å². The second kappa shape index (κ2) is 7.61. The van der Waals surface area contributed by atoms with Crippen LogP contribution in [0.1, 0.15) is 28.8 Å². The van der Waals surface area contributed by atoms with Gasteiger partial charge < -0.3 is 4.74 Å². The third-order valence-electron chi connectivity index (χ3n) is 4.01. The van der Waals surface area contributed by atoms with Crippen molar-refractivity contribution in [1.29, 1.82) is 0 Å². The lowest BCUT2D eigenvalue weighted by Crippen LogP contribution is -2.37. The summed E-state index contributed by atoms with van der Waals surface area (Å²) in [5, 5.41) is 4.12. The molecule has 1 N–H and O–H groups in total. The molecule has 2 aromatic carbocycles. The van der Waals surface area contributed by atoms with Crippen LogP contribution in [0.4, 0.5) is 0 Å². The molecule has 0 aliphatic carbocycles. The minimum atomic E-state index is -0.650. The molecule has 1 aliphatic heterocycles. The van der Waals surface area contributed by atoms with Crippen molar-refractivity contribution in [3.63, 3.8) is 0 Å². The normalized spacial score (nSPS) is 19.0. The Morgan fingerprint density at radius 2 is 1.80 bits per heavy atom. The lowest BCUT2D eigenvalue weighted by Gasteiger charge is -2.20. The van der Waals surface area contributed by atoms with Crippen molar-refractivity contribution in [3.05, 3.63) is 70.2 Å². The summed E-state index contributed by atoms with van der Waals surface area (Å²) >= 11 is 3.40. The Balaban J connectivity index is 1.97. The van der Waals surface area contributed by atoms with Gasteiger partial charge in [-0.15, -0.1) is 0 Å². The Bertz CT molecular complexity index is 803. The minimum absolute atomic E-state index is 0.114. The third kappa shape index (κ3) is 3.64. The molecule has 0 saturated carbocycles. The van der Waals surface area contributed by atoms with Crippen molar-refractivity contribution in [3.8, 4) is 0 Å². The van der Waals surface area contributed by atoms with Gasteiger partial charge in [-0.05, 0) is 24.6 Å². The number of nitrogens with zero attached hydrogens (tertiary/aromatic N) is 1. The molecule has 0 amide bonds. The van der Waals surface area contributed by atoms with E-state index in [9.17, 15) is 9.59 Å². The van der Waals surface area contributed by atoms with Crippen LogP contribution in [0, 0.1) is 0 Å².